The van der Waals surface area contributed by atoms with Gasteiger partial charge in [-0.3, -0.25) is 4.79 Å². The van der Waals surface area contributed by atoms with E-state index in [9.17, 15) is 9.90 Å². The highest BCUT2D eigenvalue weighted by atomic mass is 35.5. The van der Waals surface area contributed by atoms with E-state index >= 15 is 0 Å². The van der Waals surface area contributed by atoms with Crippen LogP contribution in [-0.4, -0.2) is 28.6 Å². The van der Waals surface area contributed by atoms with Crippen molar-refractivity contribution in [2.75, 3.05) is 6.54 Å². The molecule has 1 aromatic heterocycles. The minimum atomic E-state index is -0.344. The number of halogens is 1. The first kappa shape index (κ1) is 14.8. The van der Waals surface area contributed by atoms with Gasteiger partial charge in [0.05, 0.1) is 17.2 Å². The Morgan fingerprint density at radius 3 is 2.95 bits per heavy atom. The van der Waals surface area contributed by atoms with Crippen molar-refractivity contribution in [2.24, 2.45) is 0 Å². The number of hydrogen-bond acceptors (Lipinski definition) is 3. The van der Waals surface area contributed by atoms with Crippen molar-refractivity contribution in [1.82, 2.24) is 10.3 Å². The fourth-order valence-corrected chi connectivity index (χ4v) is 2.23. The summed E-state index contributed by atoms with van der Waals surface area (Å²) < 4.78 is 0. The Labute approximate surface area is 122 Å². The molecular formula is C15H17ClN2O2. The highest BCUT2D eigenvalue weighted by Crippen LogP contribution is 2.20. The van der Waals surface area contributed by atoms with Crippen LogP contribution in [0.3, 0.4) is 0 Å². The highest BCUT2D eigenvalue weighted by Gasteiger charge is 2.11. The van der Waals surface area contributed by atoms with Crippen LogP contribution in [0.4, 0.5) is 0 Å². The molecule has 20 heavy (non-hydrogen) atoms. The van der Waals surface area contributed by atoms with E-state index in [-0.39, 0.29) is 12.0 Å². The molecule has 2 aromatic rings. The van der Waals surface area contributed by atoms with Crippen LogP contribution in [0.5, 0.6) is 0 Å². The summed E-state index contributed by atoms with van der Waals surface area (Å²) >= 11 is 5.95. The second-order valence-corrected chi connectivity index (χ2v) is 5.14. The number of aromatic nitrogens is 1. The number of fused-ring (bicyclic) bond motifs is 1. The van der Waals surface area contributed by atoms with Crippen LogP contribution < -0.4 is 5.32 Å². The maximum absolute atomic E-state index is 12.2. The number of amides is 1. The van der Waals surface area contributed by atoms with Gasteiger partial charge in [-0.15, -0.1) is 0 Å². The molecule has 0 bridgehead atoms. The van der Waals surface area contributed by atoms with Gasteiger partial charge in [0, 0.05) is 11.9 Å². The molecule has 0 radical (unpaired) electrons. The summed E-state index contributed by atoms with van der Waals surface area (Å²) in [4.78, 5) is 16.4. The number of nitrogens with zero attached hydrogens (tertiary/aromatic N) is 1. The molecule has 5 heteroatoms. The molecule has 0 aliphatic carbocycles. The largest absolute Gasteiger partial charge is 0.393 e. The maximum Gasteiger partial charge on any atom is 0.252 e. The Hall–Kier alpha value is -1.65. The van der Waals surface area contributed by atoms with E-state index in [1.807, 2.05) is 24.3 Å². The van der Waals surface area contributed by atoms with E-state index in [2.05, 4.69) is 10.3 Å². The van der Waals surface area contributed by atoms with E-state index < -0.39 is 0 Å². The summed E-state index contributed by atoms with van der Waals surface area (Å²) in [6, 6.07) is 8.97. The summed E-state index contributed by atoms with van der Waals surface area (Å²) in [5.41, 5.74) is 1.23. The molecule has 0 aliphatic heterocycles. The normalized spacial score (nSPS) is 12.3. The lowest BCUT2D eigenvalue weighted by molar-refractivity contribution is 0.0951. The van der Waals surface area contributed by atoms with Crippen LogP contribution in [-0.2, 0) is 0 Å². The molecule has 2 rings (SSSR count). The van der Waals surface area contributed by atoms with Crippen molar-refractivity contribution >= 4 is 28.4 Å². The molecule has 1 heterocycles. The number of hydrogen-bond donors (Lipinski definition) is 2. The monoisotopic (exact) mass is 292 g/mol. The number of rotatable bonds is 5. The summed E-state index contributed by atoms with van der Waals surface area (Å²) in [6.07, 6.45) is 1.06. The van der Waals surface area contributed by atoms with Crippen LogP contribution in [0.25, 0.3) is 10.9 Å². The van der Waals surface area contributed by atoms with Crippen molar-refractivity contribution in [3.8, 4) is 0 Å². The summed E-state index contributed by atoms with van der Waals surface area (Å²) in [5, 5.41) is 13.1. The molecule has 0 spiro atoms. The van der Waals surface area contributed by atoms with Crippen LogP contribution in [0, 0.1) is 0 Å². The highest BCUT2D eigenvalue weighted by molar-refractivity contribution is 6.30. The smallest absolute Gasteiger partial charge is 0.252 e. The van der Waals surface area contributed by atoms with Crippen LogP contribution in [0.15, 0.2) is 30.3 Å². The van der Waals surface area contributed by atoms with Gasteiger partial charge in [-0.1, -0.05) is 29.8 Å². The molecule has 0 fully saturated rings. The Morgan fingerprint density at radius 1 is 1.45 bits per heavy atom. The van der Waals surface area contributed by atoms with E-state index in [1.165, 1.54) is 0 Å². The van der Waals surface area contributed by atoms with Gasteiger partial charge in [-0.05, 0) is 31.9 Å². The van der Waals surface area contributed by atoms with Crippen molar-refractivity contribution in [3.63, 3.8) is 0 Å². The number of pyridine rings is 1. The third kappa shape index (κ3) is 3.68. The zero-order valence-electron chi connectivity index (χ0n) is 11.3. The molecular weight excluding hydrogens is 276 g/mol. The molecule has 2 N–H and O–H groups in total. The third-order valence-corrected chi connectivity index (χ3v) is 3.21. The molecule has 4 nitrogen and oxygen atoms in total. The second-order valence-electron chi connectivity index (χ2n) is 4.76. The molecule has 0 saturated heterocycles. The summed E-state index contributed by atoms with van der Waals surface area (Å²) in [6.45, 7) is 2.26. The number of para-hydroxylation sites is 1. The standard InChI is InChI=1S/C15H17ClN2O2/c1-10(19)5-4-8-17-15(20)12-9-14(16)18-13-7-3-2-6-11(12)13/h2-3,6-7,9-10,19H,4-5,8H2,1H3,(H,17,20). The fraction of sp³-hybridized carbons (Fsp3) is 0.333. The van der Waals surface area contributed by atoms with Gasteiger partial charge in [0.15, 0.2) is 0 Å². The molecule has 0 aliphatic rings. The number of aliphatic hydroxyl groups excluding tert-OH is 1. The van der Waals surface area contributed by atoms with Gasteiger partial charge >= 0.3 is 0 Å². The van der Waals surface area contributed by atoms with Crippen molar-refractivity contribution < 1.29 is 9.90 Å². The van der Waals surface area contributed by atoms with Crippen LogP contribution in [0.1, 0.15) is 30.1 Å². The molecule has 0 saturated carbocycles. The van der Waals surface area contributed by atoms with Gasteiger partial charge in [0.1, 0.15) is 5.15 Å². The van der Waals surface area contributed by atoms with Crippen molar-refractivity contribution in [1.29, 1.82) is 0 Å². The SMILES string of the molecule is CC(O)CCCNC(=O)c1cc(Cl)nc2ccccc12. The number of carbonyl (C=O) groups excluding carboxylic acids is 1. The van der Waals surface area contributed by atoms with Gasteiger partial charge in [0.2, 0.25) is 0 Å². The van der Waals surface area contributed by atoms with E-state index in [0.717, 1.165) is 11.8 Å². The average Bonchev–Trinajstić information content (AvgIpc) is 2.42. The third-order valence-electron chi connectivity index (χ3n) is 3.01. The average molecular weight is 293 g/mol. The topological polar surface area (TPSA) is 62.2 Å². The Balaban J connectivity index is 2.13. The number of carbonyl (C=O) groups is 1. The number of nitrogens with one attached hydrogen (secondary N) is 1. The van der Waals surface area contributed by atoms with Gasteiger partial charge in [0.25, 0.3) is 5.91 Å². The zero-order valence-corrected chi connectivity index (χ0v) is 12.0. The lowest BCUT2D eigenvalue weighted by Crippen LogP contribution is -2.25. The van der Waals surface area contributed by atoms with Crippen LogP contribution in [0.2, 0.25) is 5.15 Å². The Bertz CT molecular complexity index is 614. The minimum absolute atomic E-state index is 0.170. The quantitative estimate of drug-likeness (QED) is 0.658. The second kappa shape index (κ2) is 6.68. The first-order chi connectivity index (χ1) is 9.58. The summed E-state index contributed by atoms with van der Waals surface area (Å²) in [5.74, 6) is -0.170. The fourth-order valence-electron chi connectivity index (χ4n) is 2.03. The van der Waals surface area contributed by atoms with Crippen LogP contribution >= 0.6 is 11.6 Å². The lowest BCUT2D eigenvalue weighted by Gasteiger charge is -2.09. The predicted molar refractivity (Wildman–Crippen MR) is 80.0 cm³/mol. The first-order valence-electron chi connectivity index (χ1n) is 6.59. The summed E-state index contributed by atoms with van der Waals surface area (Å²) in [7, 11) is 0. The molecule has 1 amide bonds. The van der Waals surface area contributed by atoms with E-state index in [0.29, 0.717) is 29.2 Å². The molecule has 106 valence electrons. The minimum Gasteiger partial charge on any atom is -0.393 e. The molecule has 1 unspecified atom stereocenters. The zero-order chi connectivity index (χ0) is 14.5. The number of aliphatic hydroxyl groups is 1. The van der Waals surface area contributed by atoms with E-state index in [1.54, 1.807) is 13.0 Å². The Morgan fingerprint density at radius 2 is 2.20 bits per heavy atom. The number of benzene rings is 1. The van der Waals surface area contributed by atoms with Crippen molar-refractivity contribution in [3.05, 3.63) is 41.0 Å². The van der Waals surface area contributed by atoms with E-state index in [4.69, 9.17) is 11.6 Å². The lowest BCUT2D eigenvalue weighted by atomic mass is 10.1. The van der Waals surface area contributed by atoms with Gasteiger partial charge in [-0.25, -0.2) is 4.98 Å². The van der Waals surface area contributed by atoms with Crippen molar-refractivity contribution in [2.45, 2.75) is 25.9 Å². The first-order valence-corrected chi connectivity index (χ1v) is 6.97. The Kier molecular flexibility index (Phi) is 4.93. The maximum atomic E-state index is 12.2. The molecule has 1 atom stereocenters. The van der Waals surface area contributed by atoms with Gasteiger partial charge < -0.3 is 10.4 Å². The predicted octanol–water partition coefficient (Wildman–Crippen LogP) is 2.78. The molecule has 1 aromatic carbocycles. The van der Waals surface area contributed by atoms with Gasteiger partial charge in [-0.2, -0.15) is 0 Å².